The van der Waals surface area contributed by atoms with E-state index >= 15 is 0 Å². The Balaban J connectivity index is 1.99. The summed E-state index contributed by atoms with van der Waals surface area (Å²) in [4.78, 5) is 47.5. The van der Waals surface area contributed by atoms with E-state index in [0.717, 1.165) is 57.1 Å². The summed E-state index contributed by atoms with van der Waals surface area (Å²) < 4.78 is 0. The lowest BCUT2D eigenvalue weighted by atomic mass is 9.69. The zero-order chi connectivity index (χ0) is 32.2. The van der Waals surface area contributed by atoms with Crippen molar-refractivity contribution >= 4 is 23.6 Å². The predicted molar refractivity (Wildman–Crippen MR) is 173 cm³/mol. The molecule has 2 aliphatic rings. The molecule has 0 aromatic heterocycles. The molecule has 1 aliphatic carbocycles. The summed E-state index contributed by atoms with van der Waals surface area (Å²) in [5.41, 5.74) is 1.19. The fraction of sp³-hybridized carbons (Fsp3) is 0.714. The van der Waals surface area contributed by atoms with Crippen LogP contribution in [0.15, 0.2) is 29.3 Å². The lowest BCUT2D eigenvalue weighted by Gasteiger charge is -2.47. The van der Waals surface area contributed by atoms with E-state index in [1.807, 2.05) is 19.2 Å². The number of carboxylic acids is 1. The molecule has 1 aromatic carbocycles. The number of hydrogen-bond acceptors (Lipinski definition) is 5. The fourth-order valence-electron chi connectivity index (χ4n) is 6.39. The van der Waals surface area contributed by atoms with E-state index in [1.54, 1.807) is 12.1 Å². The zero-order valence-corrected chi connectivity index (χ0v) is 28.1. The first-order chi connectivity index (χ1) is 19.9. The predicted octanol–water partition coefficient (Wildman–Crippen LogP) is 6.91. The van der Waals surface area contributed by atoms with E-state index < -0.39 is 11.6 Å². The van der Waals surface area contributed by atoms with Crippen molar-refractivity contribution in [3.8, 4) is 0 Å². The molecule has 1 heterocycles. The van der Waals surface area contributed by atoms with Gasteiger partial charge in [0.25, 0.3) is 11.8 Å². The van der Waals surface area contributed by atoms with Crippen molar-refractivity contribution in [3.05, 3.63) is 35.4 Å². The van der Waals surface area contributed by atoms with Crippen LogP contribution in [0.5, 0.6) is 0 Å². The second-order valence-corrected chi connectivity index (χ2v) is 15.5. The van der Waals surface area contributed by atoms with Crippen LogP contribution in [0.4, 0.5) is 0 Å². The van der Waals surface area contributed by atoms with Crippen LogP contribution in [0.3, 0.4) is 0 Å². The highest BCUT2D eigenvalue weighted by Gasteiger charge is 2.53. The molecule has 8 nitrogen and oxygen atoms in total. The van der Waals surface area contributed by atoms with Crippen molar-refractivity contribution in [2.24, 2.45) is 27.7 Å². The standard InChI is InChI=1S/C35H56N4O4/c1-24(2)18-23-38(9)30-32(43)39(35(37-30)20-14-27(15-21-35)34(6,7)8)28(16-19-33(3,4)5)25-10-12-26(13-11-25)31(42)36-22-17-29(40)41/h10-13,24,27-28H,14-23H2,1-9H3,(H,36,42)(H,40,41)/t27?,28-,35?/m1/s1. The normalized spacial score (nSPS) is 21.7. The Kier molecular flexibility index (Phi) is 11.1. The van der Waals surface area contributed by atoms with E-state index in [9.17, 15) is 14.4 Å². The van der Waals surface area contributed by atoms with Gasteiger partial charge in [0.15, 0.2) is 5.84 Å². The number of amidine groups is 1. The molecule has 0 bridgehead atoms. The molecule has 0 radical (unpaired) electrons. The quantitative estimate of drug-likeness (QED) is 0.289. The highest BCUT2D eigenvalue weighted by Crippen LogP contribution is 2.50. The van der Waals surface area contributed by atoms with E-state index in [0.29, 0.717) is 23.2 Å². The van der Waals surface area contributed by atoms with Crippen molar-refractivity contribution in [1.82, 2.24) is 15.1 Å². The van der Waals surface area contributed by atoms with Crippen LogP contribution in [0, 0.1) is 22.7 Å². The van der Waals surface area contributed by atoms with Gasteiger partial charge in [-0.1, -0.05) is 67.5 Å². The van der Waals surface area contributed by atoms with Crippen molar-refractivity contribution < 1.29 is 19.5 Å². The van der Waals surface area contributed by atoms with Crippen LogP contribution in [0.25, 0.3) is 0 Å². The first-order valence-electron chi connectivity index (χ1n) is 16.2. The van der Waals surface area contributed by atoms with Crippen LogP contribution in [0.1, 0.15) is 129 Å². The summed E-state index contributed by atoms with van der Waals surface area (Å²) in [6.07, 6.45) is 6.34. The molecule has 0 saturated heterocycles. The molecule has 1 aliphatic heterocycles. The van der Waals surface area contributed by atoms with Gasteiger partial charge in [0.05, 0.1) is 12.5 Å². The molecule has 1 atom stereocenters. The third-order valence-corrected chi connectivity index (χ3v) is 9.25. The number of amides is 2. The average Bonchev–Trinajstić information content (AvgIpc) is 3.18. The number of aliphatic imine (C=N–C) groups is 1. The summed E-state index contributed by atoms with van der Waals surface area (Å²) in [6.45, 7) is 18.9. The molecule has 1 fully saturated rings. The van der Waals surface area contributed by atoms with E-state index in [4.69, 9.17) is 10.1 Å². The molecule has 8 heteroatoms. The smallest absolute Gasteiger partial charge is 0.305 e. The molecular weight excluding hydrogens is 540 g/mol. The largest absolute Gasteiger partial charge is 0.481 e. The highest BCUT2D eigenvalue weighted by molar-refractivity contribution is 6.39. The summed E-state index contributed by atoms with van der Waals surface area (Å²) in [5.74, 6) is 0.450. The number of likely N-dealkylation sites (N-methyl/N-ethyl adjacent to an activating group) is 1. The fourth-order valence-corrected chi connectivity index (χ4v) is 6.39. The van der Waals surface area contributed by atoms with Gasteiger partial charge in [0, 0.05) is 25.7 Å². The van der Waals surface area contributed by atoms with Crippen molar-refractivity contribution in [1.29, 1.82) is 0 Å². The van der Waals surface area contributed by atoms with Crippen LogP contribution in [-0.4, -0.2) is 64.3 Å². The first-order valence-corrected chi connectivity index (χ1v) is 16.2. The number of carbonyl (C=O) groups is 3. The number of aliphatic carboxylic acids is 1. The Bertz CT molecular complexity index is 1150. The molecule has 3 rings (SSSR count). The van der Waals surface area contributed by atoms with Crippen molar-refractivity contribution in [2.75, 3.05) is 20.1 Å². The molecule has 1 spiro atoms. The number of carboxylic acid groups (broad SMARTS) is 1. The molecule has 2 N–H and O–H groups in total. The van der Waals surface area contributed by atoms with Gasteiger partial charge in [0.1, 0.15) is 5.66 Å². The zero-order valence-electron chi connectivity index (χ0n) is 28.1. The SMILES string of the molecule is CC(C)CCN(C)C1=NC2(CCC(C(C)(C)C)CC2)N([C@H](CCC(C)(C)C)c2ccc(C(=O)NCCC(=O)O)cc2)C1=O. The van der Waals surface area contributed by atoms with Gasteiger partial charge in [-0.25, -0.2) is 4.99 Å². The minimum Gasteiger partial charge on any atom is -0.481 e. The molecule has 2 amide bonds. The van der Waals surface area contributed by atoms with Crippen LogP contribution >= 0.6 is 0 Å². The second kappa shape index (κ2) is 13.8. The molecular formula is C35H56N4O4. The highest BCUT2D eigenvalue weighted by atomic mass is 16.4. The number of hydrogen-bond donors (Lipinski definition) is 2. The average molecular weight is 597 g/mol. The monoisotopic (exact) mass is 596 g/mol. The van der Waals surface area contributed by atoms with Gasteiger partial charge in [-0.05, 0) is 85.3 Å². The Morgan fingerprint density at radius 3 is 2.19 bits per heavy atom. The van der Waals surface area contributed by atoms with Gasteiger partial charge in [-0.15, -0.1) is 0 Å². The van der Waals surface area contributed by atoms with Crippen molar-refractivity contribution in [2.45, 2.75) is 118 Å². The molecule has 1 aromatic rings. The number of carbonyl (C=O) groups excluding carboxylic acids is 2. The van der Waals surface area contributed by atoms with Gasteiger partial charge < -0.3 is 20.2 Å². The van der Waals surface area contributed by atoms with E-state index in [1.165, 1.54) is 0 Å². The van der Waals surface area contributed by atoms with E-state index in [2.05, 4.69) is 70.5 Å². The number of nitrogens with one attached hydrogen (secondary N) is 1. The Labute approximate surface area is 259 Å². The second-order valence-electron chi connectivity index (χ2n) is 15.5. The summed E-state index contributed by atoms with van der Waals surface area (Å²) >= 11 is 0. The number of benzene rings is 1. The molecule has 0 unspecified atom stereocenters. The van der Waals surface area contributed by atoms with Gasteiger partial charge in [-0.3, -0.25) is 14.4 Å². The van der Waals surface area contributed by atoms with E-state index in [-0.39, 0.29) is 41.7 Å². The van der Waals surface area contributed by atoms with Crippen LogP contribution in [-0.2, 0) is 9.59 Å². The van der Waals surface area contributed by atoms with Gasteiger partial charge in [0.2, 0.25) is 0 Å². The lowest BCUT2D eigenvalue weighted by Crippen LogP contribution is -2.52. The first kappa shape index (κ1) is 34.6. The topological polar surface area (TPSA) is 102 Å². The maximum absolute atomic E-state index is 14.5. The number of rotatable bonds is 11. The minimum atomic E-state index is -0.950. The van der Waals surface area contributed by atoms with Gasteiger partial charge in [-0.2, -0.15) is 0 Å². The van der Waals surface area contributed by atoms with Crippen LogP contribution < -0.4 is 5.32 Å². The third kappa shape index (κ3) is 9.05. The minimum absolute atomic E-state index is 0.00913. The third-order valence-electron chi connectivity index (χ3n) is 9.25. The number of nitrogens with zero attached hydrogens (tertiary/aromatic N) is 3. The Morgan fingerprint density at radius 1 is 1.07 bits per heavy atom. The summed E-state index contributed by atoms with van der Waals surface area (Å²) in [6, 6.07) is 7.32. The van der Waals surface area contributed by atoms with Gasteiger partial charge >= 0.3 is 5.97 Å². The Morgan fingerprint density at radius 2 is 1.67 bits per heavy atom. The van der Waals surface area contributed by atoms with Crippen LogP contribution in [0.2, 0.25) is 0 Å². The summed E-state index contributed by atoms with van der Waals surface area (Å²) in [5, 5.41) is 11.6. The Hall–Kier alpha value is -2.90. The lowest BCUT2D eigenvalue weighted by molar-refractivity contribution is -0.137. The molecule has 240 valence electrons. The summed E-state index contributed by atoms with van der Waals surface area (Å²) in [7, 11) is 2.00. The maximum Gasteiger partial charge on any atom is 0.305 e. The van der Waals surface area contributed by atoms with Crippen molar-refractivity contribution in [3.63, 3.8) is 0 Å². The maximum atomic E-state index is 14.5. The molecule has 43 heavy (non-hydrogen) atoms. The molecule has 1 saturated carbocycles.